The van der Waals surface area contributed by atoms with Crippen molar-refractivity contribution < 1.29 is 9.90 Å². The largest absolute Gasteiger partial charge is 0.395 e. The van der Waals surface area contributed by atoms with Crippen molar-refractivity contribution in [1.82, 2.24) is 10.2 Å². The lowest BCUT2D eigenvalue weighted by Gasteiger charge is -2.27. The summed E-state index contributed by atoms with van der Waals surface area (Å²) >= 11 is 1.91. The topological polar surface area (TPSA) is 52.6 Å². The molecule has 1 unspecified atom stereocenters. The molecule has 1 heterocycles. The van der Waals surface area contributed by atoms with Gasteiger partial charge in [-0.25, -0.2) is 4.79 Å². The van der Waals surface area contributed by atoms with Gasteiger partial charge in [0.2, 0.25) is 0 Å². The maximum absolute atomic E-state index is 12.0. The maximum atomic E-state index is 12.0. The van der Waals surface area contributed by atoms with E-state index in [1.54, 1.807) is 4.90 Å². The number of aliphatic hydroxyl groups is 1. The summed E-state index contributed by atoms with van der Waals surface area (Å²) in [6.07, 6.45) is 4.47. The Morgan fingerprint density at radius 2 is 2.25 bits per heavy atom. The number of amides is 2. The fourth-order valence-electron chi connectivity index (χ4n) is 2.06. The molecule has 4 nitrogen and oxygen atoms in total. The van der Waals surface area contributed by atoms with Crippen LogP contribution in [0.5, 0.6) is 0 Å². The van der Waals surface area contributed by atoms with Gasteiger partial charge in [-0.15, -0.1) is 0 Å². The molecule has 1 atom stereocenters. The van der Waals surface area contributed by atoms with Crippen LogP contribution in [0.25, 0.3) is 0 Å². The molecular weight excluding hydrogens is 224 g/mol. The molecule has 2 fully saturated rings. The van der Waals surface area contributed by atoms with E-state index in [4.69, 9.17) is 5.11 Å². The highest BCUT2D eigenvalue weighted by atomic mass is 32.2. The molecule has 1 aliphatic carbocycles. The number of aliphatic hydroxyl groups excluding tert-OH is 1. The number of urea groups is 1. The fraction of sp³-hybridized carbons (Fsp3) is 0.909. The van der Waals surface area contributed by atoms with Crippen LogP contribution >= 0.6 is 11.8 Å². The first-order valence-corrected chi connectivity index (χ1v) is 7.22. The van der Waals surface area contributed by atoms with E-state index < -0.39 is 0 Å². The fourth-order valence-corrected chi connectivity index (χ4v) is 3.13. The van der Waals surface area contributed by atoms with Crippen molar-refractivity contribution in [2.24, 2.45) is 0 Å². The maximum Gasteiger partial charge on any atom is 0.317 e. The Morgan fingerprint density at radius 1 is 1.44 bits per heavy atom. The SMILES string of the molecule is O=C(NC1CCCSC1)N(CCO)C1CC1. The molecular formula is C11H20N2O2S. The van der Waals surface area contributed by atoms with Crippen LogP contribution in [0.1, 0.15) is 25.7 Å². The first kappa shape index (κ1) is 12.0. The molecule has 1 saturated heterocycles. The molecule has 1 aliphatic heterocycles. The van der Waals surface area contributed by atoms with Crippen LogP contribution in [0.3, 0.4) is 0 Å². The van der Waals surface area contributed by atoms with E-state index in [2.05, 4.69) is 5.32 Å². The highest BCUT2D eigenvalue weighted by Gasteiger charge is 2.33. The number of nitrogens with one attached hydrogen (secondary N) is 1. The van der Waals surface area contributed by atoms with Gasteiger partial charge in [0.25, 0.3) is 0 Å². The monoisotopic (exact) mass is 244 g/mol. The molecule has 16 heavy (non-hydrogen) atoms. The highest BCUT2D eigenvalue weighted by Crippen LogP contribution is 2.27. The molecule has 0 radical (unpaired) electrons. The quantitative estimate of drug-likeness (QED) is 0.777. The van der Waals surface area contributed by atoms with Crippen molar-refractivity contribution in [2.75, 3.05) is 24.7 Å². The minimum Gasteiger partial charge on any atom is -0.395 e. The molecule has 2 N–H and O–H groups in total. The van der Waals surface area contributed by atoms with Gasteiger partial charge in [-0.3, -0.25) is 0 Å². The van der Waals surface area contributed by atoms with Crippen LogP contribution in [-0.4, -0.2) is 52.8 Å². The first-order chi connectivity index (χ1) is 7.81. The van der Waals surface area contributed by atoms with Crippen molar-refractivity contribution in [3.05, 3.63) is 0 Å². The molecule has 0 aromatic carbocycles. The molecule has 2 aliphatic rings. The normalized spacial score (nSPS) is 25.2. The van der Waals surface area contributed by atoms with E-state index in [-0.39, 0.29) is 12.6 Å². The number of hydrogen-bond donors (Lipinski definition) is 2. The summed E-state index contributed by atoms with van der Waals surface area (Å²) in [4.78, 5) is 13.8. The molecule has 0 bridgehead atoms. The summed E-state index contributed by atoms with van der Waals surface area (Å²) in [5.41, 5.74) is 0. The number of carbonyl (C=O) groups excluding carboxylic acids is 1. The molecule has 0 aromatic heterocycles. The van der Waals surface area contributed by atoms with Crippen molar-refractivity contribution in [3.8, 4) is 0 Å². The Bertz CT molecular complexity index is 240. The van der Waals surface area contributed by atoms with Crippen molar-refractivity contribution >= 4 is 17.8 Å². The lowest BCUT2D eigenvalue weighted by atomic mass is 10.2. The molecule has 0 spiro atoms. The van der Waals surface area contributed by atoms with E-state index >= 15 is 0 Å². The van der Waals surface area contributed by atoms with Crippen LogP contribution in [0, 0.1) is 0 Å². The minimum absolute atomic E-state index is 0.0176. The Balaban J connectivity index is 1.79. The van der Waals surface area contributed by atoms with Crippen LogP contribution in [0.4, 0.5) is 4.79 Å². The Labute approximate surface area is 101 Å². The number of rotatable bonds is 4. The Morgan fingerprint density at radius 3 is 2.81 bits per heavy atom. The third-order valence-corrected chi connectivity index (χ3v) is 4.29. The second-order valence-corrected chi connectivity index (χ2v) is 5.66. The number of thioether (sulfide) groups is 1. The molecule has 5 heteroatoms. The zero-order valence-electron chi connectivity index (χ0n) is 9.52. The summed E-state index contributed by atoms with van der Waals surface area (Å²) in [6.45, 7) is 0.527. The molecule has 92 valence electrons. The smallest absolute Gasteiger partial charge is 0.317 e. The standard InChI is InChI=1S/C11H20N2O2S/c14-6-5-13(10-3-4-10)11(15)12-9-2-1-7-16-8-9/h9-10,14H,1-8H2,(H,12,15). The van der Waals surface area contributed by atoms with E-state index in [0.29, 0.717) is 18.6 Å². The zero-order valence-corrected chi connectivity index (χ0v) is 10.3. The van der Waals surface area contributed by atoms with Gasteiger partial charge < -0.3 is 15.3 Å². The zero-order chi connectivity index (χ0) is 11.4. The van der Waals surface area contributed by atoms with Gasteiger partial charge in [-0.1, -0.05) is 0 Å². The summed E-state index contributed by atoms with van der Waals surface area (Å²) in [5, 5.41) is 12.0. The lowest BCUT2D eigenvalue weighted by Crippen LogP contribution is -2.48. The van der Waals surface area contributed by atoms with Crippen molar-refractivity contribution in [2.45, 2.75) is 37.8 Å². The lowest BCUT2D eigenvalue weighted by molar-refractivity contribution is 0.170. The van der Waals surface area contributed by atoms with E-state index in [1.165, 1.54) is 12.2 Å². The van der Waals surface area contributed by atoms with Crippen molar-refractivity contribution in [1.29, 1.82) is 0 Å². The molecule has 1 saturated carbocycles. The van der Waals surface area contributed by atoms with Gasteiger partial charge in [-0.05, 0) is 31.4 Å². The Kier molecular flexibility index (Phi) is 4.35. The van der Waals surface area contributed by atoms with Gasteiger partial charge in [0.1, 0.15) is 0 Å². The molecule has 2 amide bonds. The van der Waals surface area contributed by atoms with Gasteiger partial charge >= 0.3 is 6.03 Å². The van der Waals surface area contributed by atoms with Crippen LogP contribution in [0.2, 0.25) is 0 Å². The van der Waals surface area contributed by atoms with E-state index in [9.17, 15) is 4.79 Å². The number of hydrogen-bond acceptors (Lipinski definition) is 3. The number of carbonyl (C=O) groups is 1. The van der Waals surface area contributed by atoms with Gasteiger partial charge in [0, 0.05) is 24.4 Å². The highest BCUT2D eigenvalue weighted by molar-refractivity contribution is 7.99. The number of nitrogens with zero attached hydrogens (tertiary/aromatic N) is 1. The summed E-state index contributed by atoms with van der Waals surface area (Å²) in [5.74, 6) is 2.25. The predicted molar refractivity (Wildman–Crippen MR) is 65.7 cm³/mol. The summed E-state index contributed by atoms with van der Waals surface area (Å²) in [7, 11) is 0. The minimum atomic E-state index is 0.0176. The second kappa shape index (κ2) is 5.77. The molecule has 0 aromatic rings. The average Bonchev–Trinajstić information content (AvgIpc) is 3.11. The second-order valence-electron chi connectivity index (χ2n) is 4.51. The van der Waals surface area contributed by atoms with Crippen LogP contribution in [-0.2, 0) is 0 Å². The van der Waals surface area contributed by atoms with Gasteiger partial charge in [-0.2, -0.15) is 11.8 Å². The summed E-state index contributed by atoms with van der Waals surface area (Å²) in [6, 6.07) is 0.721. The summed E-state index contributed by atoms with van der Waals surface area (Å²) < 4.78 is 0. The first-order valence-electron chi connectivity index (χ1n) is 6.07. The molecule has 2 rings (SSSR count). The van der Waals surface area contributed by atoms with E-state index in [1.807, 2.05) is 11.8 Å². The van der Waals surface area contributed by atoms with Crippen molar-refractivity contribution in [3.63, 3.8) is 0 Å². The third kappa shape index (κ3) is 3.28. The third-order valence-electron chi connectivity index (χ3n) is 3.08. The van der Waals surface area contributed by atoms with Crippen LogP contribution in [0.15, 0.2) is 0 Å². The predicted octanol–water partition coefficient (Wildman–Crippen LogP) is 1.05. The van der Waals surface area contributed by atoms with Gasteiger partial charge in [0.15, 0.2) is 0 Å². The van der Waals surface area contributed by atoms with E-state index in [0.717, 1.165) is 25.0 Å². The Hall–Kier alpha value is -0.420. The van der Waals surface area contributed by atoms with Gasteiger partial charge in [0.05, 0.1) is 6.61 Å². The van der Waals surface area contributed by atoms with Crippen LogP contribution < -0.4 is 5.32 Å². The average molecular weight is 244 g/mol.